The molecule has 1 unspecified atom stereocenters. The van der Waals surface area contributed by atoms with Gasteiger partial charge in [-0.25, -0.2) is 0 Å². The van der Waals surface area contributed by atoms with E-state index in [2.05, 4.69) is 4.98 Å². The van der Waals surface area contributed by atoms with Crippen LogP contribution in [0.3, 0.4) is 0 Å². The molecule has 6 heteroatoms. The largest absolute Gasteiger partial charge is 0.361 e. The molecule has 2 aromatic rings. The minimum absolute atomic E-state index is 0.0461. The summed E-state index contributed by atoms with van der Waals surface area (Å²) in [6.45, 7) is 4.86. The van der Waals surface area contributed by atoms with Gasteiger partial charge < -0.3 is 14.5 Å². The molecule has 0 bridgehead atoms. The summed E-state index contributed by atoms with van der Waals surface area (Å²) < 4.78 is 6.14. The topological polar surface area (TPSA) is 62.7 Å². The van der Waals surface area contributed by atoms with E-state index in [9.17, 15) is 9.59 Å². The van der Waals surface area contributed by atoms with Crippen LogP contribution < -0.4 is 0 Å². The molecule has 1 aromatic heterocycles. The Balaban J connectivity index is 2.00. The van der Waals surface area contributed by atoms with Crippen molar-refractivity contribution < 1.29 is 14.3 Å². The summed E-state index contributed by atoms with van der Waals surface area (Å²) in [5.74, 6) is -0.201. The molecule has 0 saturated carbocycles. The number of carbonyl (C=O) groups is 2. The molecule has 6 nitrogen and oxygen atoms in total. The molecule has 2 heterocycles. The van der Waals surface area contributed by atoms with E-state index in [1.807, 2.05) is 56.4 Å². The van der Waals surface area contributed by atoms with Crippen LogP contribution in [0, 0.1) is 5.92 Å². The first-order valence-electron chi connectivity index (χ1n) is 9.97. The number of ether oxygens (including phenoxy) is 1. The van der Waals surface area contributed by atoms with Crippen LogP contribution in [0.15, 0.2) is 48.8 Å². The summed E-state index contributed by atoms with van der Waals surface area (Å²) in [7, 11) is 3.45. The predicted octanol–water partition coefficient (Wildman–Crippen LogP) is 2.63. The van der Waals surface area contributed by atoms with E-state index in [4.69, 9.17) is 4.74 Å². The minimum Gasteiger partial charge on any atom is -0.361 e. The molecular formula is C23H29N3O3. The number of amides is 2. The molecule has 2 amide bonds. The lowest BCUT2D eigenvalue weighted by Gasteiger charge is -2.43. The fraction of sp³-hybridized carbons (Fsp3) is 0.435. The van der Waals surface area contributed by atoms with Gasteiger partial charge in [0.05, 0.1) is 13.2 Å². The molecule has 1 atom stereocenters. The summed E-state index contributed by atoms with van der Waals surface area (Å²) in [5, 5.41) is 0. The maximum atomic E-state index is 13.3. The second-order valence-corrected chi connectivity index (χ2v) is 8.03. The molecule has 154 valence electrons. The highest BCUT2D eigenvalue weighted by Gasteiger charge is 2.46. The van der Waals surface area contributed by atoms with Crippen LogP contribution in [0.5, 0.6) is 0 Å². The molecule has 1 aromatic carbocycles. The summed E-state index contributed by atoms with van der Waals surface area (Å²) in [5.41, 5.74) is 1.89. The summed E-state index contributed by atoms with van der Waals surface area (Å²) in [4.78, 5) is 33.5. The van der Waals surface area contributed by atoms with Gasteiger partial charge in [0.15, 0.2) is 5.60 Å². The van der Waals surface area contributed by atoms with Gasteiger partial charge in [-0.15, -0.1) is 0 Å². The van der Waals surface area contributed by atoms with E-state index in [0.717, 1.165) is 16.7 Å². The number of pyridine rings is 1. The van der Waals surface area contributed by atoms with E-state index in [-0.39, 0.29) is 24.3 Å². The Kier molecular flexibility index (Phi) is 6.33. The van der Waals surface area contributed by atoms with Gasteiger partial charge >= 0.3 is 0 Å². The Labute approximate surface area is 172 Å². The van der Waals surface area contributed by atoms with Crippen molar-refractivity contribution in [1.82, 2.24) is 14.8 Å². The van der Waals surface area contributed by atoms with Crippen molar-refractivity contribution in [1.29, 1.82) is 0 Å². The van der Waals surface area contributed by atoms with Gasteiger partial charge in [0, 0.05) is 50.9 Å². The van der Waals surface area contributed by atoms with Gasteiger partial charge in [-0.3, -0.25) is 14.6 Å². The summed E-state index contributed by atoms with van der Waals surface area (Å²) in [6, 6.07) is 11.9. The smallest absolute Gasteiger partial charge is 0.256 e. The zero-order valence-corrected chi connectivity index (χ0v) is 17.6. The first-order chi connectivity index (χ1) is 13.8. The third-order valence-corrected chi connectivity index (χ3v) is 5.25. The van der Waals surface area contributed by atoms with Crippen LogP contribution in [0.2, 0.25) is 0 Å². The standard InChI is InChI=1S/C23H29N3O3/c1-17(2)21(27)26-12-13-29-23(16-26,22(28)25(3)4)14-18-8-5-6-10-20(18)19-9-7-11-24-15-19/h5-11,15,17H,12-14,16H2,1-4H3. The molecule has 1 saturated heterocycles. The number of hydrogen-bond donors (Lipinski definition) is 0. The van der Waals surface area contributed by atoms with Crippen molar-refractivity contribution in [2.75, 3.05) is 33.8 Å². The number of morpholine rings is 1. The van der Waals surface area contributed by atoms with E-state index < -0.39 is 5.60 Å². The molecule has 1 fully saturated rings. The molecule has 29 heavy (non-hydrogen) atoms. The number of benzene rings is 1. The highest BCUT2D eigenvalue weighted by molar-refractivity contribution is 5.87. The first kappa shape index (κ1) is 21.0. The SMILES string of the molecule is CC(C)C(=O)N1CCOC(Cc2ccccc2-c2cccnc2)(C(=O)N(C)C)C1. The molecule has 0 spiro atoms. The Morgan fingerprint density at radius 3 is 2.62 bits per heavy atom. The zero-order valence-electron chi connectivity index (χ0n) is 17.6. The van der Waals surface area contributed by atoms with Crippen molar-refractivity contribution >= 4 is 11.8 Å². The van der Waals surface area contributed by atoms with E-state index >= 15 is 0 Å². The maximum Gasteiger partial charge on any atom is 0.256 e. The summed E-state index contributed by atoms with van der Waals surface area (Å²) >= 11 is 0. The third-order valence-electron chi connectivity index (χ3n) is 5.25. The van der Waals surface area contributed by atoms with Crippen LogP contribution in [0.4, 0.5) is 0 Å². The van der Waals surface area contributed by atoms with E-state index in [0.29, 0.717) is 19.6 Å². The molecule has 0 N–H and O–H groups in total. The quantitative estimate of drug-likeness (QED) is 0.781. The Morgan fingerprint density at radius 1 is 1.21 bits per heavy atom. The van der Waals surface area contributed by atoms with Gasteiger partial charge in [-0.05, 0) is 17.2 Å². The monoisotopic (exact) mass is 395 g/mol. The normalized spacial score (nSPS) is 19.3. The van der Waals surface area contributed by atoms with Crippen LogP contribution in [-0.4, -0.2) is 66.0 Å². The number of aromatic nitrogens is 1. The van der Waals surface area contributed by atoms with Crippen LogP contribution in [0.25, 0.3) is 11.1 Å². The second kappa shape index (κ2) is 8.74. The number of hydrogen-bond acceptors (Lipinski definition) is 4. The van der Waals surface area contributed by atoms with Crippen LogP contribution >= 0.6 is 0 Å². The molecule has 0 radical (unpaired) electrons. The van der Waals surface area contributed by atoms with Crippen molar-refractivity contribution in [2.45, 2.75) is 25.9 Å². The number of carbonyl (C=O) groups excluding carboxylic acids is 2. The molecule has 1 aliphatic rings. The Bertz CT molecular complexity index is 867. The first-order valence-corrected chi connectivity index (χ1v) is 9.97. The summed E-state index contributed by atoms with van der Waals surface area (Å²) in [6.07, 6.45) is 3.94. The third kappa shape index (κ3) is 4.48. The van der Waals surface area contributed by atoms with E-state index in [1.54, 1.807) is 30.1 Å². The molecule has 1 aliphatic heterocycles. The van der Waals surface area contributed by atoms with Gasteiger partial charge in [0.25, 0.3) is 5.91 Å². The molecule has 0 aliphatic carbocycles. The lowest BCUT2D eigenvalue weighted by Crippen LogP contribution is -2.62. The van der Waals surface area contributed by atoms with Crippen molar-refractivity contribution in [3.63, 3.8) is 0 Å². The predicted molar refractivity (Wildman–Crippen MR) is 112 cm³/mol. The highest BCUT2D eigenvalue weighted by Crippen LogP contribution is 2.31. The maximum absolute atomic E-state index is 13.3. The van der Waals surface area contributed by atoms with Crippen molar-refractivity contribution in [3.8, 4) is 11.1 Å². The van der Waals surface area contributed by atoms with Gasteiger partial charge in [-0.1, -0.05) is 44.2 Å². The minimum atomic E-state index is -1.11. The molecular weight excluding hydrogens is 366 g/mol. The Morgan fingerprint density at radius 2 is 1.97 bits per heavy atom. The van der Waals surface area contributed by atoms with E-state index in [1.165, 1.54) is 0 Å². The van der Waals surface area contributed by atoms with Gasteiger partial charge in [-0.2, -0.15) is 0 Å². The molecule has 3 rings (SSSR count). The average Bonchev–Trinajstić information content (AvgIpc) is 2.73. The van der Waals surface area contributed by atoms with Crippen LogP contribution in [0.1, 0.15) is 19.4 Å². The van der Waals surface area contributed by atoms with Gasteiger partial charge in [0.1, 0.15) is 0 Å². The fourth-order valence-corrected chi connectivity index (χ4v) is 3.84. The lowest BCUT2D eigenvalue weighted by atomic mass is 9.87. The Hall–Kier alpha value is -2.73. The van der Waals surface area contributed by atoms with Crippen molar-refractivity contribution in [2.24, 2.45) is 5.92 Å². The van der Waals surface area contributed by atoms with Crippen LogP contribution in [-0.2, 0) is 20.7 Å². The highest BCUT2D eigenvalue weighted by atomic mass is 16.5. The number of likely N-dealkylation sites (N-methyl/N-ethyl adjacent to an activating group) is 1. The lowest BCUT2D eigenvalue weighted by molar-refractivity contribution is -0.173. The van der Waals surface area contributed by atoms with Crippen molar-refractivity contribution in [3.05, 3.63) is 54.4 Å². The number of nitrogens with zero attached hydrogens (tertiary/aromatic N) is 3. The van der Waals surface area contributed by atoms with Gasteiger partial charge in [0.2, 0.25) is 5.91 Å². The average molecular weight is 396 g/mol. The second-order valence-electron chi connectivity index (χ2n) is 8.03. The zero-order chi connectivity index (χ0) is 21.0. The number of rotatable bonds is 5. The fourth-order valence-electron chi connectivity index (χ4n) is 3.84.